The van der Waals surface area contributed by atoms with E-state index >= 15 is 0 Å². The van der Waals surface area contributed by atoms with Crippen LogP contribution in [0.25, 0.3) is 20.2 Å². The molecule has 0 N–H and O–H groups in total. The van der Waals surface area contributed by atoms with E-state index in [4.69, 9.17) is 0 Å². The van der Waals surface area contributed by atoms with Crippen molar-refractivity contribution in [2.75, 3.05) is 0 Å². The van der Waals surface area contributed by atoms with E-state index < -0.39 is 0 Å². The number of benzene rings is 4. The van der Waals surface area contributed by atoms with Gasteiger partial charge in [0, 0.05) is 42.4 Å². The van der Waals surface area contributed by atoms with Crippen LogP contribution < -0.4 is 0 Å². The largest absolute Gasteiger partial charge is 0.135 e. The Morgan fingerprint density at radius 3 is 1.23 bits per heavy atom. The first kappa shape index (κ1) is 19.2. The first-order valence-electron chi connectivity index (χ1n) is 10.3. The van der Waals surface area contributed by atoms with Crippen LogP contribution in [-0.2, 0) is 0 Å². The summed E-state index contributed by atoms with van der Waals surface area (Å²) in [7, 11) is 0. The highest BCUT2D eigenvalue weighted by molar-refractivity contribution is 7.25. The summed E-state index contributed by atoms with van der Waals surface area (Å²) in [6.45, 7) is 4.18. The molecule has 0 saturated carbocycles. The molecule has 0 amide bonds. The molecule has 0 atom stereocenters. The number of thiophene rings is 1. The highest BCUT2D eigenvalue weighted by atomic mass is 32.1. The molecular weight excluding hydrogens is 392 g/mol. The van der Waals surface area contributed by atoms with Gasteiger partial charge in [-0.05, 0) is 62.4 Å². The highest BCUT2D eigenvalue weighted by Crippen LogP contribution is 2.34. The molecule has 5 aromatic rings. The molecule has 4 aromatic carbocycles. The third-order valence-corrected chi connectivity index (χ3v) is 6.39. The first-order valence-corrected chi connectivity index (χ1v) is 11.1. The van der Waals surface area contributed by atoms with Crippen molar-refractivity contribution >= 4 is 31.5 Å². The lowest BCUT2D eigenvalue weighted by molar-refractivity contribution is 1.46. The van der Waals surface area contributed by atoms with E-state index in [9.17, 15) is 0 Å². The maximum Gasteiger partial charge on any atom is 0.0367 e. The summed E-state index contributed by atoms with van der Waals surface area (Å²) >= 11 is 1.80. The fraction of sp³-hybridized carbons (Fsp3) is 0.0667. The van der Waals surface area contributed by atoms with Gasteiger partial charge in [0.25, 0.3) is 0 Å². The molecule has 0 radical (unpaired) electrons. The van der Waals surface area contributed by atoms with E-state index in [0.29, 0.717) is 0 Å². The molecule has 1 heterocycles. The Morgan fingerprint density at radius 2 is 0.806 bits per heavy atom. The van der Waals surface area contributed by atoms with E-state index in [1.54, 1.807) is 11.3 Å². The number of aryl methyl sites for hydroxylation is 2. The molecular formula is C30H20S. The van der Waals surface area contributed by atoms with Crippen LogP contribution in [-0.4, -0.2) is 0 Å². The molecule has 0 aliphatic carbocycles. The van der Waals surface area contributed by atoms with Gasteiger partial charge in [-0.15, -0.1) is 11.3 Å². The van der Waals surface area contributed by atoms with Gasteiger partial charge in [-0.1, -0.05) is 71.2 Å². The lowest BCUT2D eigenvalue weighted by Gasteiger charge is -1.95. The van der Waals surface area contributed by atoms with E-state index in [1.165, 1.54) is 31.3 Å². The zero-order valence-electron chi connectivity index (χ0n) is 17.5. The topological polar surface area (TPSA) is 0 Å². The summed E-state index contributed by atoms with van der Waals surface area (Å²) in [4.78, 5) is 0. The molecule has 5 rings (SSSR count). The monoisotopic (exact) mass is 412 g/mol. The lowest BCUT2D eigenvalue weighted by atomic mass is 10.1. The van der Waals surface area contributed by atoms with Crippen molar-refractivity contribution in [1.29, 1.82) is 0 Å². The van der Waals surface area contributed by atoms with Gasteiger partial charge in [0.1, 0.15) is 0 Å². The molecule has 0 fully saturated rings. The maximum absolute atomic E-state index is 3.30. The predicted molar refractivity (Wildman–Crippen MR) is 134 cm³/mol. The summed E-state index contributed by atoms with van der Waals surface area (Å²) < 4.78 is 2.52. The van der Waals surface area contributed by atoms with Crippen LogP contribution in [0, 0.1) is 37.5 Å². The Morgan fingerprint density at radius 1 is 0.452 bits per heavy atom. The molecule has 1 heteroatoms. The van der Waals surface area contributed by atoms with Crippen LogP contribution in [0.2, 0.25) is 0 Å². The van der Waals surface area contributed by atoms with Crippen molar-refractivity contribution in [2.24, 2.45) is 0 Å². The number of hydrogen-bond acceptors (Lipinski definition) is 1. The summed E-state index contributed by atoms with van der Waals surface area (Å²) in [5.41, 5.74) is 6.66. The van der Waals surface area contributed by atoms with Crippen LogP contribution in [0.3, 0.4) is 0 Å². The van der Waals surface area contributed by atoms with Crippen molar-refractivity contribution in [2.45, 2.75) is 13.8 Å². The average Bonchev–Trinajstić information content (AvgIpc) is 3.15. The third kappa shape index (κ3) is 4.24. The smallest absolute Gasteiger partial charge is 0.0367 e. The van der Waals surface area contributed by atoms with E-state index in [2.05, 4.69) is 122 Å². The molecule has 0 saturated heterocycles. The summed E-state index contributed by atoms with van der Waals surface area (Å²) in [5, 5.41) is 2.55. The van der Waals surface area contributed by atoms with Gasteiger partial charge in [0.2, 0.25) is 0 Å². The zero-order chi connectivity index (χ0) is 21.2. The van der Waals surface area contributed by atoms with E-state index in [0.717, 1.165) is 22.3 Å². The van der Waals surface area contributed by atoms with Crippen molar-refractivity contribution in [3.8, 4) is 23.7 Å². The Hall–Kier alpha value is -3.78. The lowest BCUT2D eigenvalue weighted by Crippen LogP contribution is -1.78. The Labute approximate surface area is 187 Å². The second kappa shape index (κ2) is 8.16. The molecule has 0 bridgehead atoms. The van der Waals surface area contributed by atoms with Gasteiger partial charge in [0.05, 0.1) is 0 Å². The van der Waals surface area contributed by atoms with Crippen LogP contribution >= 0.6 is 11.3 Å². The van der Waals surface area contributed by atoms with Gasteiger partial charge < -0.3 is 0 Å². The quantitative estimate of drug-likeness (QED) is 0.231. The molecule has 0 nitrogen and oxygen atoms in total. The van der Waals surface area contributed by atoms with Crippen LogP contribution in [0.1, 0.15) is 33.4 Å². The molecule has 0 spiro atoms. The predicted octanol–water partition coefficient (Wildman–Crippen LogP) is 7.47. The fourth-order valence-electron chi connectivity index (χ4n) is 3.50. The Kier molecular flexibility index (Phi) is 5.05. The Bertz CT molecular complexity index is 1410. The van der Waals surface area contributed by atoms with Crippen molar-refractivity contribution in [3.63, 3.8) is 0 Å². The third-order valence-electron chi connectivity index (χ3n) is 5.28. The van der Waals surface area contributed by atoms with E-state index in [1.807, 2.05) is 0 Å². The summed E-state index contributed by atoms with van der Waals surface area (Å²) in [6, 6.07) is 29.6. The summed E-state index contributed by atoms with van der Waals surface area (Å²) in [6.07, 6.45) is 0. The fourth-order valence-corrected chi connectivity index (χ4v) is 4.68. The summed E-state index contributed by atoms with van der Waals surface area (Å²) in [5.74, 6) is 13.1. The van der Waals surface area contributed by atoms with E-state index in [-0.39, 0.29) is 0 Å². The number of rotatable bonds is 0. The zero-order valence-corrected chi connectivity index (χ0v) is 18.3. The average molecular weight is 413 g/mol. The molecule has 0 unspecified atom stereocenters. The maximum atomic E-state index is 3.30. The molecule has 0 aliphatic rings. The van der Waals surface area contributed by atoms with Crippen molar-refractivity contribution < 1.29 is 0 Å². The normalized spacial score (nSPS) is 10.4. The van der Waals surface area contributed by atoms with Gasteiger partial charge in [-0.3, -0.25) is 0 Å². The van der Waals surface area contributed by atoms with Gasteiger partial charge in [-0.25, -0.2) is 0 Å². The number of hydrogen-bond donors (Lipinski definition) is 0. The van der Waals surface area contributed by atoms with Gasteiger partial charge in [0.15, 0.2) is 0 Å². The minimum absolute atomic E-state index is 1.04. The second-order valence-electron chi connectivity index (χ2n) is 7.76. The second-order valence-corrected chi connectivity index (χ2v) is 8.84. The van der Waals surface area contributed by atoms with Crippen LogP contribution in [0.4, 0.5) is 0 Å². The highest BCUT2D eigenvalue weighted by Gasteiger charge is 2.06. The Balaban J connectivity index is 1.47. The standard InChI is InChI=1S/C30H20S/c1-21-3-7-23(8-4-21)11-13-25-15-17-27-28-18-16-26(20-30(28)31-29(27)19-25)14-12-24-9-5-22(2)6-10-24/h3-10,15-20H,1-2H3. The van der Waals surface area contributed by atoms with Gasteiger partial charge in [-0.2, -0.15) is 0 Å². The molecule has 1 aromatic heterocycles. The molecule has 146 valence electrons. The van der Waals surface area contributed by atoms with Crippen LogP contribution in [0.5, 0.6) is 0 Å². The molecule has 0 aliphatic heterocycles. The number of fused-ring (bicyclic) bond motifs is 3. The molecule has 31 heavy (non-hydrogen) atoms. The minimum Gasteiger partial charge on any atom is -0.135 e. The SMILES string of the molecule is Cc1ccc(C#Cc2ccc3c(c2)sc2cc(C#Cc4ccc(C)cc4)ccc23)cc1. The van der Waals surface area contributed by atoms with Gasteiger partial charge >= 0.3 is 0 Å². The van der Waals surface area contributed by atoms with Crippen molar-refractivity contribution in [3.05, 3.63) is 118 Å². The van der Waals surface area contributed by atoms with Crippen LogP contribution in [0.15, 0.2) is 84.9 Å². The minimum atomic E-state index is 1.04. The van der Waals surface area contributed by atoms with Crippen molar-refractivity contribution in [1.82, 2.24) is 0 Å². The first-order chi connectivity index (χ1) is 15.1.